The van der Waals surface area contributed by atoms with E-state index >= 15 is 0 Å². The summed E-state index contributed by atoms with van der Waals surface area (Å²) in [5.74, 6) is 0. The fourth-order valence-corrected chi connectivity index (χ4v) is 1.03. The highest BCUT2D eigenvalue weighted by Crippen LogP contribution is 2.27. The van der Waals surface area contributed by atoms with Crippen molar-refractivity contribution < 1.29 is 4.92 Å². The van der Waals surface area contributed by atoms with Gasteiger partial charge >= 0.3 is 5.69 Å². The van der Waals surface area contributed by atoms with Crippen LogP contribution in [0.3, 0.4) is 0 Å². The predicted molar refractivity (Wildman–Crippen MR) is 47.4 cm³/mol. The standard InChI is InChI=1S/C8H7N3O2/c1-10-7-4-2-3-6(5-9)8(7)11(12)13/h2-4,10H,1H3. The van der Waals surface area contributed by atoms with E-state index in [0.717, 1.165) is 0 Å². The summed E-state index contributed by atoms with van der Waals surface area (Å²) in [5.41, 5.74) is 0.244. The highest BCUT2D eigenvalue weighted by Gasteiger charge is 2.17. The maximum absolute atomic E-state index is 10.6. The van der Waals surface area contributed by atoms with Crippen molar-refractivity contribution in [2.75, 3.05) is 12.4 Å². The van der Waals surface area contributed by atoms with E-state index in [-0.39, 0.29) is 11.3 Å². The Labute approximate surface area is 74.8 Å². The quantitative estimate of drug-likeness (QED) is 0.548. The summed E-state index contributed by atoms with van der Waals surface area (Å²) >= 11 is 0. The van der Waals surface area contributed by atoms with E-state index in [4.69, 9.17) is 5.26 Å². The Hall–Kier alpha value is -2.09. The van der Waals surface area contributed by atoms with Crippen LogP contribution in [0.4, 0.5) is 11.4 Å². The number of nitrogens with zero attached hydrogens (tertiary/aromatic N) is 2. The van der Waals surface area contributed by atoms with Crippen LogP contribution in [0.15, 0.2) is 18.2 Å². The molecule has 0 saturated heterocycles. The second-order valence-corrected chi connectivity index (χ2v) is 2.32. The molecule has 66 valence electrons. The normalized spacial score (nSPS) is 8.92. The van der Waals surface area contributed by atoms with Crippen molar-refractivity contribution in [1.29, 1.82) is 5.26 Å². The number of nitro groups is 1. The van der Waals surface area contributed by atoms with E-state index in [2.05, 4.69) is 5.32 Å². The Kier molecular flexibility index (Phi) is 2.45. The minimum Gasteiger partial charge on any atom is -0.383 e. The Bertz CT molecular complexity index is 381. The first-order valence-electron chi connectivity index (χ1n) is 3.56. The maximum atomic E-state index is 10.6. The van der Waals surface area contributed by atoms with Gasteiger partial charge in [-0.25, -0.2) is 0 Å². The van der Waals surface area contributed by atoms with Gasteiger partial charge in [0.05, 0.1) is 4.92 Å². The molecule has 5 nitrogen and oxygen atoms in total. The summed E-state index contributed by atoms with van der Waals surface area (Å²) in [6.07, 6.45) is 0. The fourth-order valence-electron chi connectivity index (χ4n) is 1.03. The van der Waals surface area contributed by atoms with Crippen molar-refractivity contribution in [3.05, 3.63) is 33.9 Å². The lowest BCUT2D eigenvalue weighted by Crippen LogP contribution is -1.98. The highest BCUT2D eigenvalue weighted by atomic mass is 16.6. The fraction of sp³-hybridized carbons (Fsp3) is 0.125. The molecule has 0 saturated carbocycles. The first-order chi connectivity index (χ1) is 6.20. The number of hydrogen-bond donors (Lipinski definition) is 1. The van der Waals surface area contributed by atoms with Gasteiger partial charge in [0.1, 0.15) is 17.3 Å². The van der Waals surface area contributed by atoms with Crippen LogP contribution >= 0.6 is 0 Å². The van der Waals surface area contributed by atoms with E-state index in [9.17, 15) is 10.1 Å². The summed E-state index contributed by atoms with van der Waals surface area (Å²) in [4.78, 5) is 10.0. The second-order valence-electron chi connectivity index (χ2n) is 2.32. The monoisotopic (exact) mass is 177 g/mol. The molecule has 0 atom stereocenters. The summed E-state index contributed by atoms with van der Waals surface area (Å²) < 4.78 is 0. The van der Waals surface area contributed by atoms with E-state index in [1.165, 1.54) is 6.07 Å². The summed E-state index contributed by atoms with van der Waals surface area (Å²) in [6, 6.07) is 6.33. The van der Waals surface area contributed by atoms with Gasteiger partial charge in [-0.2, -0.15) is 5.26 Å². The number of nitro benzene ring substituents is 1. The van der Waals surface area contributed by atoms with Crippen LogP contribution in [0.25, 0.3) is 0 Å². The van der Waals surface area contributed by atoms with Gasteiger partial charge < -0.3 is 5.32 Å². The Balaban J connectivity index is 3.41. The molecule has 0 amide bonds. The zero-order chi connectivity index (χ0) is 9.84. The van der Waals surface area contributed by atoms with Gasteiger partial charge in [-0.1, -0.05) is 6.07 Å². The van der Waals surface area contributed by atoms with Crippen molar-refractivity contribution in [3.63, 3.8) is 0 Å². The van der Waals surface area contributed by atoms with Crippen LogP contribution in [0.2, 0.25) is 0 Å². The Morgan fingerprint density at radius 3 is 2.77 bits per heavy atom. The third-order valence-corrected chi connectivity index (χ3v) is 1.61. The molecule has 0 aliphatic heterocycles. The number of anilines is 1. The number of rotatable bonds is 2. The van der Waals surface area contributed by atoms with Gasteiger partial charge in [-0.3, -0.25) is 10.1 Å². The molecule has 13 heavy (non-hydrogen) atoms. The predicted octanol–water partition coefficient (Wildman–Crippen LogP) is 1.51. The van der Waals surface area contributed by atoms with E-state index in [1.54, 1.807) is 25.2 Å². The van der Waals surface area contributed by atoms with Crippen molar-refractivity contribution in [2.24, 2.45) is 0 Å². The van der Waals surface area contributed by atoms with E-state index < -0.39 is 4.92 Å². The maximum Gasteiger partial charge on any atom is 0.309 e. The van der Waals surface area contributed by atoms with Crippen LogP contribution in [-0.4, -0.2) is 12.0 Å². The van der Waals surface area contributed by atoms with Crippen LogP contribution in [0.1, 0.15) is 5.56 Å². The molecule has 0 aliphatic rings. The third kappa shape index (κ3) is 1.56. The molecule has 1 rings (SSSR count). The molecule has 1 N–H and O–H groups in total. The lowest BCUT2D eigenvalue weighted by molar-refractivity contribution is -0.384. The van der Waals surface area contributed by atoms with Crippen LogP contribution in [0, 0.1) is 21.4 Å². The van der Waals surface area contributed by atoms with E-state index in [0.29, 0.717) is 5.69 Å². The minimum atomic E-state index is -0.565. The SMILES string of the molecule is CNc1cccc(C#N)c1[N+](=O)[O-]. The first-order valence-corrected chi connectivity index (χ1v) is 3.56. The molecule has 0 fully saturated rings. The summed E-state index contributed by atoms with van der Waals surface area (Å²) in [7, 11) is 1.57. The lowest BCUT2D eigenvalue weighted by Gasteiger charge is -2.01. The average Bonchev–Trinajstić information content (AvgIpc) is 2.16. The molecule has 0 bridgehead atoms. The second kappa shape index (κ2) is 3.54. The van der Waals surface area contributed by atoms with Gasteiger partial charge in [-0.15, -0.1) is 0 Å². The molecule has 0 spiro atoms. The average molecular weight is 177 g/mol. The van der Waals surface area contributed by atoms with Gasteiger partial charge in [0, 0.05) is 7.05 Å². The van der Waals surface area contributed by atoms with Crippen molar-refractivity contribution >= 4 is 11.4 Å². The van der Waals surface area contributed by atoms with Crippen LogP contribution < -0.4 is 5.32 Å². The van der Waals surface area contributed by atoms with Gasteiger partial charge in [0.15, 0.2) is 0 Å². The number of nitriles is 1. The topological polar surface area (TPSA) is 79.0 Å². The van der Waals surface area contributed by atoms with Crippen molar-refractivity contribution in [3.8, 4) is 6.07 Å². The van der Waals surface area contributed by atoms with Gasteiger partial charge in [0.25, 0.3) is 0 Å². The number of benzene rings is 1. The summed E-state index contributed by atoms with van der Waals surface area (Å²) in [5, 5.41) is 21.8. The largest absolute Gasteiger partial charge is 0.383 e. The number of hydrogen-bond acceptors (Lipinski definition) is 4. The van der Waals surface area contributed by atoms with Crippen molar-refractivity contribution in [1.82, 2.24) is 0 Å². The Morgan fingerprint density at radius 2 is 2.31 bits per heavy atom. The van der Waals surface area contributed by atoms with Gasteiger partial charge in [0.2, 0.25) is 0 Å². The zero-order valence-electron chi connectivity index (χ0n) is 6.94. The molecule has 0 heterocycles. The van der Waals surface area contributed by atoms with Crippen LogP contribution in [0.5, 0.6) is 0 Å². The number of para-hydroxylation sites is 1. The molecule has 0 aliphatic carbocycles. The zero-order valence-corrected chi connectivity index (χ0v) is 6.94. The molecule has 0 radical (unpaired) electrons. The molecule has 0 unspecified atom stereocenters. The molecular formula is C8H7N3O2. The smallest absolute Gasteiger partial charge is 0.309 e. The lowest BCUT2D eigenvalue weighted by atomic mass is 10.1. The highest BCUT2D eigenvalue weighted by molar-refractivity contribution is 5.68. The molecule has 0 aromatic heterocycles. The minimum absolute atomic E-state index is 0.0665. The first kappa shape index (κ1) is 9.00. The molecule has 1 aromatic rings. The third-order valence-electron chi connectivity index (χ3n) is 1.61. The molecular weight excluding hydrogens is 170 g/mol. The number of nitrogens with one attached hydrogen (secondary N) is 1. The van der Waals surface area contributed by atoms with Crippen molar-refractivity contribution in [2.45, 2.75) is 0 Å². The molecule has 1 aromatic carbocycles. The molecule has 5 heteroatoms. The van der Waals surface area contributed by atoms with Crippen LogP contribution in [-0.2, 0) is 0 Å². The Morgan fingerprint density at radius 1 is 1.62 bits per heavy atom. The van der Waals surface area contributed by atoms with Gasteiger partial charge in [-0.05, 0) is 12.1 Å². The van der Waals surface area contributed by atoms with E-state index in [1.807, 2.05) is 0 Å². The summed E-state index contributed by atoms with van der Waals surface area (Å²) in [6.45, 7) is 0.